The zero-order valence-electron chi connectivity index (χ0n) is 17.9. The fourth-order valence-corrected chi connectivity index (χ4v) is 5.70. The number of nitrogens with one attached hydrogen (secondary N) is 1. The molecule has 0 aliphatic carbocycles. The van der Waals surface area contributed by atoms with Gasteiger partial charge < -0.3 is 19.7 Å². The Balaban J connectivity index is 1.39. The lowest BCUT2D eigenvalue weighted by Gasteiger charge is -2.33. The van der Waals surface area contributed by atoms with Gasteiger partial charge in [-0.25, -0.2) is 0 Å². The molecular formula is C24H26N2O3S2. The van der Waals surface area contributed by atoms with Gasteiger partial charge in [0, 0.05) is 23.2 Å². The number of thiophene rings is 1. The molecule has 1 aliphatic heterocycles. The maximum absolute atomic E-state index is 12.7. The summed E-state index contributed by atoms with van der Waals surface area (Å²) in [4.78, 5) is 17.0. The van der Waals surface area contributed by atoms with Crippen LogP contribution in [0.1, 0.15) is 22.2 Å². The van der Waals surface area contributed by atoms with E-state index in [0.717, 1.165) is 28.4 Å². The van der Waals surface area contributed by atoms with Gasteiger partial charge in [-0.15, -0.1) is 23.1 Å². The van der Waals surface area contributed by atoms with Crippen molar-refractivity contribution < 1.29 is 14.3 Å². The lowest BCUT2D eigenvalue weighted by molar-refractivity contribution is 0.0958. The highest BCUT2D eigenvalue weighted by molar-refractivity contribution is 8.00. The average molecular weight is 455 g/mol. The van der Waals surface area contributed by atoms with Crippen molar-refractivity contribution in [3.05, 3.63) is 65.0 Å². The van der Waals surface area contributed by atoms with Crippen LogP contribution in [0.3, 0.4) is 0 Å². The number of nitrogens with zero attached hydrogens (tertiary/aromatic N) is 1. The minimum absolute atomic E-state index is 0.0376. The lowest BCUT2D eigenvalue weighted by atomic mass is 10.1. The van der Waals surface area contributed by atoms with E-state index in [9.17, 15) is 4.79 Å². The molecule has 0 saturated heterocycles. The molecule has 0 unspecified atom stereocenters. The summed E-state index contributed by atoms with van der Waals surface area (Å²) in [5.74, 6) is 1.36. The van der Waals surface area contributed by atoms with Crippen molar-refractivity contribution in [1.29, 1.82) is 0 Å². The molecule has 162 valence electrons. The Morgan fingerprint density at radius 3 is 2.71 bits per heavy atom. The van der Waals surface area contributed by atoms with Gasteiger partial charge in [0.1, 0.15) is 0 Å². The predicted molar refractivity (Wildman–Crippen MR) is 129 cm³/mol. The van der Waals surface area contributed by atoms with Crippen molar-refractivity contribution in [2.45, 2.75) is 23.5 Å². The normalized spacial score (nSPS) is 15.3. The van der Waals surface area contributed by atoms with E-state index >= 15 is 0 Å². The summed E-state index contributed by atoms with van der Waals surface area (Å²) >= 11 is 3.44. The van der Waals surface area contributed by atoms with Crippen molar-refractivity contribution in [2.75, 3.05) is 32.2 Å². The van der Waals surface area contributed by atoms with Gasteiger partial charge in [-0.3, -0.25) is 4.79 Å². The van der Waals surface area contributed by atoms with Crippen molar-refractivity contribution >= 4 is 39.7 Å². The van der Waals surface area contributed by atoms with Gasteiger partial charge in [0.2, 0.25) is 0 Å². The molecule has 1 aromatic heterocycles. The van der Waals surface area contributed by atoms with E-state index in [-0.39, 0.29) is 5.91 Å². The molecule has 0 spiro atoms. The summed E-state index contributed by atoms with van der Waals surface area (Å²) in [5.41, 5.74) is 2.30. The van der Waals surface area contributed by atoms with Crippen LogP contribution in [-0.4, -0.2) is 38.5 Å². The molecule has 2 aromatic carbocycles. The molecule has 0 saturated carbocycles. The van der Waals surface area contributed by atoms with Crippen molar-refractivity contribution in [2.24, 2.45) is 0 Å². The molecule has 1 aliphatic rings. The summed E-state index contributed by atoms with van der Waals surface area (Å²) in [6.07, 6.45) is 0.721. The Kier molecular flexibility index (Phi) is 6.73. The first-order valence-electron chi connectivity index (χ1n) is 10.2. The Hall–Kier alpha value is -2.64. The number of amides is 1. The van der Waals surface area contributed by atoms with E-state index in [1.807, 2.05) is 42.1 Å². The number of methoxy groups -OCH3 is 2. The topological polar surface area (TPSA) is 50.8 Å². The number of thioether (sulfide) groups is 1. The summed E-state index contributed by atoms with van der Waals surface area (Å²) in [5, 5.41) is 4.63. The molecule has 5 nitrogen and oxygen atoms in total. The van der Waals surface area contributed by atoms with E-state index < -0.39 is 0 Å². The molecular weight excluding hydrogens is 428 g/mol. The van der Waals surface area contributed by atoms with Crippen molar-refractivity contribution in [3.8, 4) is 11.5 Å². The first-order valence-corrected chi connectivity index (χ1v) is 11.9. The molecule has 1 atom stereocenters. The molecule has 3 aromatic rings. The monoisotopic (exact) mass is 454 g/mol. The first-order chi connectivity index (χ1) is 15.1. The number of hydrogen-bond acceptors (Lipinski definition) is 6. The fraction of sp³-hybridized carbons (Fsp3) is 0.292. The molecule has 0 fully saturated rings. The largest absolute Gasteiger partial charge is 0.493 e. The molecule has 0 bridgehead atoms. The number of fused-ring (bicyclic) bond motifs is 1. The predicted octanol–water partition coefficient (Wildman–Crippen LogP) is 5.37. The molecule has 7 heteroatoms. The molecule has 1 N–H and O–H groups in total. The summed E-state index contributed by atoms with van der Waals surface area (Å²) in [6, 6.07) is 18.2. The number of para-hydroxylation sites is 1. The average Bonchev–Trinajstić information content (AvgIpc) is 3.28. The van der Waals surface area contributed by atoms with E-state index in [1.165, 1.54) is 21.9 Å². The van der Waals surface area contributed by atoms with Gasteiger partial charge in [0.05, 0.1) is 29.8 Å². The van der Waals surface area contributed by atoms with Gasteiger partial charge in [-0.05, 0) is 48.4 Å². The SMILES string of the molecule is COc1ccc(CCNC(=O)c2ccc(N3C[C@@H](C)Sc4ccccc43)s2)cc1OC. The smallest absolute Gasteiger partial charge is 0.261 e. The maximum Gasteiger partial charge on any atom is 0.261 e. The second-order valence-electron chi connectivity index (χ2n) is 7.34. The zero-order valence-corrected chi connectivity index (χ0v) is 19.5. The Bertz CT molecular complexity index is 1070. The number of anilines is 2. The Morgan fingerprint density at radius 2 is 1.90 bits per heavy atom. The van der Waals surface area contributed by atoms with Gasteiger partial charge in [0.15, 0.2) is 11.5 Å². The van der Waals surface area contributed by atoms with E-state index in [0.29, 0.717) is 23.3 Å². The van der Waals surface area contributed by atoms with Crippen LogP contribution in [-0.2, 0) is 6.42 Å². The van der Waals surface area contributed by atoms with Gasteiger partial charge >= 0.3 is 0 Å². The quantitative estimate of drug-likeness (QED) is 0.520. The second-order valence-corrected chi connectivity index (χ2v) is 9.88. The Morgan fingerprint density at radius 1 is 1.10 bits per heavy atom. The highest BCUT2D eigenvalue weighted by atomic mass is 32.2. The third kappa shape index (κ3) is 4.83. The van der Waals surface area contributed by atoms with Gasteiger partial charge in [-0.1, -0.05) is 25.1 Å². The van der Waals surface area contributed by atoms with Crippen LogP contribution in [0.5, 0.6) is 11.5 Å². The molecule has 2 heterocycles. The zero-order chi connectivity index (χ0) is 21.8. The maximum atomic E-state index is 12.7. The molecule has 4 rings (SSSR count). The lowest BCUT2D eigenvalue weighted by Crippen LogP contribution is -2.28. The van der Waals surface area contributed by atoms with E-state index in [2.05, 4.69) is 41.4 Å². The van der Waals surface area contributed by atoms with Crippen LogP contribution in [0.2, 0.25) is 0 Å². The summed E-state index contributed by atoms with van der Waals surface area (Å²) < 4.78 is 10.6. The Labute approximate surface area is 191 Å². The summed E-state index contributed by atoms with van der Waals surface area (Å²) in [6.45, 7) is 3.73. The first kappa shape index (κ1) is 21.6. The molecule has 1 amide bonds. The third-order valence-electron chi connectivity index (χ3n) is 5.15. The number of ether oxygens (including phenoxy) is 2. The van der Waals surface area contributed by atoms with Crippen LogP contribution in [0.25, 0.3) is 0 Å². The van der Waals surface area contributed by atoms with Gasteiger partial charge in [-0.2, -0.15) is 0 Å². The van der Waals surface area contributed by atoms with Crippen LogP contribution in [0.4, 0.5) is 10.7 Å². The van der Waals surface area contributed by atoms with Crippen LogP contribution < -0.4 is 19.7 Å². The molecule has 31 heavy (non-hydrogen) atoms. The van der Waals surface area contributed by atoms with Gasteiger partial charge in [0.25, 0.3) is 5.91 Å². The highest BCUT2D eigenvalue weighted by Crippen LogP contribution is 2.43. The number of carbonyl (C=O) groups is 1. The van der Waals surface area contributed by atoms with Crippen LogP contribution in [0.15, 0.2) is 59.5 Å². The highest BCUT2D eigenvalue weighted by Gasteiger charge is 2.24. The minimum Gasteiger partial charge on any atom is -0.493 e. The van der Waals surface area contributed by atoms with Crippen molar-refractivity contribution in [1.82, 2.24) is 5.32 Å². The summed E-state index contributed by atoms with van der Waals surface area (Å²) in [7, 11) is 3.24. The second kappa shape index (κ2) is 9.66. The van der Waals surface area contributed by atoms with E-state index in [4.69, 9.17) is 9.47 Å². The minimum atomic E-state index is -0.0376. The van der Waals surface area contributed by atoms with Crippen LogP contribution in [0, 0.1) is 0 Å². The number of hydrogen-bond donors (Lipinski definition) is 1. The fourth-order valence-electron chi connectivity index (χ4n) is 3.64. The molecule has 0 radical (unpaired) electrons. The number of carbonyl (C=O) groups excluding carboxylic acids is 1. The van der Waals surface area contributed by atoms with Crippen molar-refractivity contribution in [3.63, 3.8) is 0 Å². The third-order valence-corrected chi connectivity index (χ3v) is 7.41. The number of benzene rings is 2. The van der Waals surface area contributed by atoms with Crippen LogP contribution >= 0.6 is 23.1 Å². The number of rotatable bonds is 7. The van der Waals surface area contributed by atoms with E-state index in [1.54, 1.807) is 14.2 Å². The standard InChI is InChI=1S/C24H26N2O3S2/c1-16-15-26(18-6-4-5-7-21(18)30-16)23-11-10-22(31-23)24(27)25-13-12-17-8-9-19(28-2)20(14-17)29-3/h4-11,14,16H,12-13,15H2,1-3H3,(H,25,27)/t16-/m1/s1.